The monoisotopic (exact) mass is 622 g/mol. The first-order valence-electron chi connectivity index (χ1n) is 12.2. The zero-order chi connectivity index (χ0) is 29.7. The van der Waals surface area contributed by atoms with Crippen LogP contribution in [0.1, 0.15) is 18.1 Å². The van der Waals surface area contributed by atoms with Crippen LogP contribution in [0.2, 0.25) is 0 Å². The molecule has 3 aromatic carbocycles. The first-order chi connectivity index (χ1) is 19.6. The Morgan fingerprint density at radius 1 is 1.07 bits per heavy atom. The van der Waals surface area contributed by atoms with Crippen LogP contribution >= 0.6 is 15.9 Å². The third-order valence-corrected chi connectivity index (χ3v) is 6.34. The fourth-order valence-corrected chi connectivity index (χ4v) is 4.40. The van der Waals surface area contributed by atoms with Crippen LogP contribution in [0.15, 0.2) is 70.7 Å². The second-order valence-electron chi connectivity index (χ2n) is 8.70. The van der Waals surface area contributed by atoms with Crippen molar-refractivity contribution in [1.82, 2.24) is 5.32 Å². The fraction of sp³-hybridized carbons (Fsp3) is 0.143. The summed E-state index contributed by atoms with van der Waals surface area (Å²) in [6, 6.07) is 14.1. The van der Waals surface area contributed by atoms with Crippen LogP contribution in [0.3, 0.4) is 0 Å². The molecule has 1 fully saturated rings. The Bertz CT molecular complexity index is 1570. The van der Waals surface area contributed by atoms with Crippen LogP contribution in [0, 0.1) is 17.0 Å². The van der Waals surface area contributed by atoms with Gasteiger partial charge in [-0.15, -0.1) is 0 Å². The van der Waals surface area contributed by atoms with E-state index in [0.717, 1.165) is 17.7 Å². The lowest BCUT2D eigenvalue weighted by Gasteiger charge is -2.26. The minimum absolute atomic E-state index is 0.0420. The molecular formula is C28H23BrN4O8. The molecule has 2 N–H and O–H groups in total. The Kier molecular flexibility index (Phi) is 8.78. The Morgan fingerprint density at radius 3 is 2.39 bits per heavy atom. The number of hydrogen-bond donors (Lipinski definition) is 2. The lowest BCUT2D eigenvalue weighted by Crippen LogP contribution is -2.54. The molecule has 0 spiro atoms. The standard InChI is InChI=1S/C28H23BrN4O8/c1-3-40-23-14-17(13-22(29)25(23)41-15-24(34)30-18-6-4-16(2)5-7-18)12-21-26(35)31-28(37)32(27(21)36)19-8-10-20(11-9-19)33(38)39/h4-14H,3,15H2,1-2H3,(H,30,34)(H,31,35,37)/b21-12+. The maximum absolute atomic E-state index is 13.2. The molecule has 1 saturated heterocycles. The van der Waals surface area contributed by atoms with Crippen LogP contribution in [0.4, 0.5) is 21.9 Å². The van der Waals surface area contributed by atoms with E-state index in [4.69, 9.17) is 9.47 Å². The van der Waals surface area contributed by atoms with E-state index in [0.29, 0.717) is 20.6 Å². The van der Waals surface area contributed by atoms with Gasteiger partial charge < -0.3 is 14.8 Å². The number of carbonyl (C=O) groups is 4. The summed E-state index contributed by atoms with van der Waals surface area (Å²) >= 11 is 3.39. The van der Waals surface area contributed by atoms with Gasteiger partial charge in [-0.1, -0.05) is 17.7 Å². The Hall–Kier alpha value is -5.04. The summed E-state index contributed by atoms with van der Waals surface area (Å²) in [5, 5.41) is 15.8. The molecule has 0 aromatic heterocycles. The zero-order valence-corrected chi connectivity index (χ0v) is 23.4. The van der Waals surface area contributed by atoms with E-state index >= 15 is 0 Å². The summed E-state index contributed by atoms with van der Waals surface area (Å²) in [5.41, 5.74) is 1.48. The minimum Gasteiger partial charge on any atom is -0.490 e. The minimum atomic E-state index is -0.991. The highest BCUT2D eigenvalue weighted by Gasteiger charge is 2.37. The van der Waals surface area contributed by atoms with Gasteiger partial charge in [0.15, 0.2) is 18.1 Å². The molecule has 210 valence electrons. The number of hydrogen-bond acceptors (Lipinski definition) is 8. The molecule has 0 bridgehead atoms. The number of ether oxygens (including phenoxy) is 2. The summed E-state index contributed by atoms with van der Waals surface area (Å²) in [6.07, 6.45) is 1.27. The number of non-ortho nitro benzene ring substituents is 1. The van der Waals surface area contributed by atoms with Crippen LogP contribution < -0.4 is 25.0 Å². The molecule has 12 nitrogen and oxygen atoms in total. The number of nitro benzene ring substituents is 1. The van der Waals surface area contributed by atoms with Gasteiger partial charge in [-0.05, 0) is 77.8 Å². The second-order valence-corrected chi connectivity index (χ2v) is 9.55. The van der Waals surface area contributed by atoms with Crippen LogP contribution in [0.5, 0.6) is 11.5 Å². The molecule has 5 amide bonds. The van der Waals surface area contributed by atoms with Gasteiger partial charge in [0.05, 0.1) is 21.7 Å². The normalized spacial score (nSPS) is 14.1. The Balaban J connectivity index is 1.57. The maximum Gasteiger partial charge on any atom is 0.335 e. The quantitative estimate of drug-likeness (QED) is 0.150. The number of halogens is 1. The highest BCUT2D eigenvalue weighted by atomic mass is 79.9. The van der Waals surface area contributed by atoms with Crippen molar-refractivity contribution in [2.75, 3.05) is 23.4 Å². The number of anilines is 2. The molecule has 13 heteroatoms. The average molecular weight is 623 g/mol. The third kappa shape index (κ3) is 6.76. The molecule has 4 rings (SSSR count). The average Bonchev–Trinajstić information content (AvgIpc) is 2.92. The largest absolute Gasteiger partial charge is 0.490 e. The smallest absolute Gasteiger partial charge is 0.335 e. The second kappa shape index (κ2) is 12.4. The number of urea groups is 1. The Labute approximate surface area is 242 Å². The van der Waals surface area contributed by atoms with Crippen molar-refractivity contribution < 1.29 is 33.6 Å². The number of nitro groups is 1. The Morgan fingerprint density at radius 2 is 1.76 bits per heavy atom. The number of aryl methyl sites for hydroxylation is 1. The highest BCUT2D eigenvalue weighted by Crippen LogP contribution is 2.38. The number of barbiturate groups is 1. The molecule has 1 heterocycles. The van der Waals surface area contributed by atoms with Crippen molar-refractivity contribution in [2.24, 2.45) is 0 Å². The van der Waals surface area contributed by atoms with Gasteiger partial charge in [-0.3, -0.25) is 29.8 Å². The van der Waals surface area contributed by atoms with Gasteiger partial charge >= 0.3 is 6.03 Å². The van der Waals surface area contributed by atoms with Crippen molar-refractivity contribution in [3.8, 4) is 11.5 Å². The molecule has 1 aliphatic rings. The van der Waals surface area contributed by atoms with E-state index in [1.807, 2.05) is 19.1 Å². The summed E-state index contributed by atoms with van der Waals surface area (Å²) < 4.78 is 11.8. The molecule has 0 aliphatic carbocycles. The molecular weight excluding hydrogens is 600 g/mol. The van der Waals surface area contributed by atoms with Crippen LogP contribution in [0.25, 0.3) is 6.08 Å². The van der Waals surface area contributed by atoms with Crippen molar-refractivity contribution >= 4 is 62.8 Å². The predicted molar refractivity (Wildman–Crippen MR) is 153 cm³/mol. The predicted octanol–water partition coefficient (Wildman–Crippen LogP) is 4.75. The van der Waals surface area contributed by atoms with Gasteiger partial charge in [0.25, 0.3) is 23.4 Å². The molecule has 1 aliphatic heterocycles. The van der Waals surface area contributed by atoms with Crippen LogP contribution in [-0.2, 0) is 14.4 Å². The molecule has 0 atom stereocenters. The van der Waals surface area contributed by atoms with Gasteiger partial charge in [0.1, 0.15) is 5.57 Å². The first-order valence-corrected chi connectivity index (χ1v) is 13.0. The van der Waals surface area contributed by atoms with Crippen LogP contribution in [-0.4, -0.2) is 41.9 Å². The summed E-state index contributed by atoms with van der Waals surface area (Å²) in [5.74, 6) is -1.76. The van der Waals surface area contributed by atoms with E-state index in [-0.39, 0.29) is 41.7 Å². The molecule has 41 heavy (non-hydrogen) atoms. The van der Waals surface area contributed by atoms with Gasteiger partial charge in [-0.25, -0.2) is 9.69 Å². The van der Waals surface area contributed by atoms with Crippen molar-refractivity contribution in [3.63, 3.8) is 0 Å². The van der Waals surface area contributed by atoms with E-state index < -0.39 is 28.7 Å². The number of nitrogens with zero attached hydrogens (tertiary/aromatic N) is 2. The molecule has 0 saturated carbocycles. The number of amides is 5. The van der Waals surface area contributed by atoms with E-state index in [9.17, 15) is 29.3 Å². The number of benzene rings is 3. The van der Waals surface area contributed by atoms with Crippen molar-refractivity contribution in [2.45, 2.75) is 13.8 Å². The lowest BCUT2D eigenvalue weighted by molar-refractivity contribution is -0.384. The maximum atomic E-state index is 13.2. The van der Waals surface area contributed by atoms with E-state index in [1.165, 1.54) is 24.3 Å². The summed E-state index contributed by atoms with van der Waals surface area (Å²) in [7, 11) is 0. The SMILES string of the molecule is CCOc1cc(/C=C2\C(=O)NC(=O)N(c3ccc([N+](=O)[O-])cc3)C2=O)cc(Br)c1OCC(=O)Nc1ccc(C)cc1. The first kappa shape index (κ1) is 29.0. The van der Waals surface area contributed by atoms with Gasteiger partial charge in [-0.2, -0.15) is 0 Å². The van der Waals surface area contributed by atoms with E-state index in [1.54, 1.807) is 25.1 Å². The third-order valence-electron chi connectivity index (χ3n) is 5.75. The molecule has 0 unspecified atom stereocenters. The zero-order valence-electron chi connectivity index (χ0n) is 21.8. The lowest BCUT2D eigenvalue weighted by atomic mass is 10.1. The highest BCUT2D eigenvalue weighted by molar-refractivity contribution is 9.10. The van der Waals surface area contributed by atoms with E-state index in [2.05, 4.69) is 26.6 Å². The number of nitrogens with one attached hydrogen (secondary N) is 2. The van der Waals surface area contributed by atoms with Crippen molar-refractivity contribution in [1.29, 1.82) is 0 Å². The number of carbonyl (C=O) groups excluding carboxylic acids is 4. The molecule has 3 aromatic rings. The van der Waals surface area contributed by atoms with Gasteiger partial charge in [0.2, 0.25) is 0 Å². The molecule has 0 radical (unpaired) electrons. The van der Waals surface area contributed by atoms with Gasteiger partial charge in [0, 0.05) is 17.8 Å². The fourth-order valence-electron chi connectivity index (χ4n) is 3.83. The topological polar surface area (TPSA) is 157 Å². The summed E-state index contributed by atoms with van der Waals surface area (Å²) in [6.45, 7) is 3.62. The van der Waals surface area contributed by atoms with Crippen molar-refractivity contribution in [3.05, 3.63) is 92.0 Å². The number of imide groups is 2. The summed E-state index contributed by atoms with van der Waals surface area (Å²) in [4.78, 5) is 61.7. The number of rotatable bonds is 9.